The second-order valence-electron chi connectivity index (χ2n) is 5.53. The van der Waals surface area contributed by atoms with Crippen LogP contribution in [0.15, 0.2) is 47.3 Å². The van der Waals surface area contributed by atoms with E-state index in [0.29, 0.717) is 27.4 Å². The molecule has 122 valence electrons. The molecule has 0 spiro atoms. The lowest BCUT2D eigenvalue weighted by Crippen LogP contribution is -2.30. The zero-order chi connectivity index (χ0) is 17.3. The number of halogens is 1. The third-order valence-corrected chi connectivity index (χ3v) is 4.31. The number of benzene rings is 2. The van der Waals surface area contributed by atoms with Gasteiger partial charge in [0.25, 0.3) is 5.56 Å². The van der Waals surface area contributed by atoms with E-state index in [1.807, 2.05) is 13.0 Å². The van der Waals surface area contributed by atoms with Gasteiger partial charge < -0.3 is 5.32 Å². The number of nitrogens with one attached hydrogen (secondary N) is 1. The van der Waals surface area contributed by atoms with Crippen molar-refractivity contribution in [3.8, 4) is 0 Å². The Balaban J connectivity index is 1.91. The molecule has 0 radical (unpaired) electrons. The quantitative estimate of drug-likeness (QED) is 0.795. The molecular formula is C18H16ClN3O2. The van der Waals surface area contributed by atoms with Gasteiger partial charge in [0, 0.05) is 10.7 Å². The molecule has 1 aromatic heterocycles. The number of para-hydroxylation sites is 1. The molecule has 0 fully saturated rings. The normalized spacial score (nSPS) is 10.8. The third-order valence-electron chi connectivity index (χ3n) is 3.90. The van der Waals surface area contributed by atoms with Gasteiger partial charge in [-0.15, -0.1) is 0 Å². The first-order valence-corrected chi connectivity index (χ1v) is 7.86. The van der Waals surface area contributed by atoms with Crippen LogP contribution in [0.4, 0.5) is 5.69 Å². The summed E-state index contributed by atoms with van der Waals surface area (Å²) in [5.41, 5.74) is 1.82. The van der Waals surface area contributed by atoms with Gasteiger partial charge >= 0.3 is 0 Å². The average Bonchev–Trinajstić information content (AvgIpc) is 2.56. The van der Waals surface area contributed by atoms with E-state index in [2.05, 4.69) is 10.3 Å². The number of hydrogen-bond donors (Lipinski definition) is 1. The van der Waals surface area contributed by atoms with Crippen molar-refractivity contribution in [2.45, 2.75) is 20.4 Å². The fraction of sp³-hybridized carbons (Fsp3) is 0.167. The summed E-state index contributed by atoms with van der Waals surface area (Å²) in [7, 11) is 0. The van der Waals surface area contributed by atoms with Gasteiger partial charge in [0.2, 0.25) is 5.91 Å². The number of fused-ring (bicyclic) bond motifs is 1. The molecule has 3 aromatic rings. The van der Waals surface area contributed by atoms with Crippen LogP contribution in [-0.2, 0) is 11.3 Å². The minimum Gasteiger partial charge on any atom is -0.324 e. The number of nitrogens with zero attached hydrogens (tertiary/aromatic N) is 2. The summed E-state index contributed by atoms with van der Waals surface area (Å²) in [5, 5.41) is 3.86. The molecule has 0 bridgehead atoms. The smallest absolute Gasteiger partial charge is 0.261 e. The molecule has 1 N–H and O–H groups in total. The Hall–Kier alpha value is -2.66. The number of carbonyl (C=O) groups excluding carboxylic acids is 1. The van der Waals surface area contributed by atoms with Gasteiger partial charge in [-0.25, -0.2) is 4.98 Å². The Morgan fingerprint density at radius 3 is 2.71 bits per heavy atom. The SMILES string of the molecule is Cc1c(Cl)cccc1NC(=O)Cn1c(C)nc2ccccc2c1=O. The Morgan fingerprint density at radius 1 is 1.17 bits per heavy atom. The number of anilines is 1. The molecule has 1 amide bonds. The van der Waals surface area contributed by atoms with Crippen molar-refractivity contribution in [1.82, 2.24) is 9.55 Å². The lowest BCUT2D eigenvalue weighted by atomic mass is 10.2. The van der Waals surface area contributed by atoms with Crippen molar-refractivity contribution in [1.29, 1.82) is 0 Å². The van der Waals surface area contributed by atoms with Crippen LogP contribution in [0.25, 0.3) is 10.9 Å². The van der Waals surface area contributed by atoms with Crippen LogP contribution in [0, 0.1) is 13.8 Å². The van der Waals surface area contributed by atoms with Gasteiger partial charge in [0.15, 0.2) is 0 Å². The van der Waals surface area contributed by atoms with Crippen molar-refractivity contribution in [3.63, 3.8) is 0 Å². The van der Waals surface area contributed by atoms with E-state index in [0.717, 1.165) is 5.56 Å². The highest BCUT2D eigenvalue weighted by Crippen LogP contribution is 2.22. The molecule has 6 heteroatoms. The third kappa shape index (κ3) is 3.03. The Morgan fingerprint density at radius 2 is 1.92 bits per heavy atom. The zero-order valence-electron chi connectivity index (χ0n) is 13.3. The molecule has 1 heterocycles. The molecule has 24 heavy (non-hydrogen) atoms. The summed E-state index contributed by atoms with van der Waals surface area (Å²) in [5.74, 6) is 0.194. The van der Waals surface area contributed by atoms with Crippen molar-refractivity contribution < 1.29 is 4.79 Å². The monoisotopic (exact) mass is 341 g/mol. The van der Waals surface area contributed by atoms with Crippen LogP contribution in [-0.4, -0.2) is 15.5 Å². The fourth-order valence-electron chi connectivity index (χ4n) is 2.54. The maximum absolute atomic E-state index is 12.6. The molecular weight excluding hydrogens is 326 g/mol. The lowest BCUT2D eigenvalue weighted by molar-refractivity contribution is -0.116. The van der Waals surface area contributed by atoms with E-state index in [1.165, 1.54) is 4.57 Å². The van der Waals surface area contributed by atoms with Gasteiger partial charge in [0.05, 0.1) is 10.9 Å². The van der Waals surface area contributed by atoms with E-state index < -0.39 is 0 Å². The van der Waals surface area contributed by atoms with Crippen LogP contribution >= 0.6 is 11.6 Å². The zero-order valence-corrected chi connectivity index (χ0v) is 14.1. The second-order valence-corrected chi connectivity index (χ2v) is 5.94. The number of amides is 1. The van der Waals surface area contributed by atoms with Crippen LogP contribution in [0.5, 0.6) is 0 Å². The summed E-state index contributed by atoms with van der Waals surface area (Å²) in [6, 6.07) is 12.4. The minimum atomic E-state index is -0.303. The second kappa shape index (κ2) is 6.45. The summed E-state index contributed by atoms with van der Waals surface area (Å²) < 4.78 is 1.37. The van der Waals surface area contributed by atoms with Crippen LogP contribution < -0.4 is 10.9 Å². The summed E-state index contributed by atoms with van der Waals surface area (Å²) in [6.45, 7) is 3.44. The molecule has 0 atom stereocenters. The predicted molar refractivity (Wildman–Crippen MR) is 95.6 cm³/mol. The van der Waals surface area contributed by atoms with E-state index in [9.17, 15) is 9.59 Å². The Labute approximate surface area is 143 Å². The van der Waals surface area contributed by atoms with E-state index >= 15 is 0 Å². The van der Waals surface area contributed by atoms with Gasteiger partial charge in [-0.1, -0.05) is 29.8 Å². The van der Waals surface area contributed by atoms with E-state index in [-0.39, 0.29) is 18.0 Å². The average molecular weight is 342 g/mol. The van der Waals surface area contributed by atoms with E-state index in [1.54, 1.807) is 43.3 Å². The molecule has 0 unspecified atom stereocenters. The Kier molecular flexibility index (Phi) is 4.36. The molecule has 0 saturated heterocycles. The first-order valence-electron chi connectivity index (χ1n) is 7.48. The van der Waals surface area contributed by atoms with Gasteiger partial charge in [-0.2, -0.15) is 0 Å². The van der Waals surface area contributed by atoms with Gasteiger partial charge in [0.1, 0.15) is 12.4 Å². The molecule has 5 nitrogen and oxygen atoms in total. The maximum atomic E-state index is 12.6. The standard InChI is InChI=1S/C18H16ClN3O2/c1-11-14(19)7-5-9-15(11)21-17(23)10-22-12(2)20-16-8-4-3-6-13(16)18(22)24/h3-9H,10H2,1-2H3,(H,21,23). The Bertz CT molecular complexity index is 995. The molecule has 0 aliphatic carbocycles. The predicted octanol–water partition coefficient (Wildman–Crippen LogP) is 3.31. The fourth-order valence-corrected chi connectivity index (χ4v) is 2.72. The number of hydrogen-bond acceptors (Lipinski definition) is 3. The summed E-state index contributed by atoms with van der Waals surface area (Å²) in [4.78, 5) is 29.3. The number of rotatable bonds is 3. The number of carbonyl (C=O) groups is 1. The first-order chi connectivity index (χ1) is 11.5. The van der Waals surface area contributed by atoms with Crippen molar-refractivity contribution in [2.24, 2.45) is 0 Å². The highest BCUT2D eigenvalue weighted by molar-refractivity contribution is 6.31. The molecule has 3 rings (SSSR count). The highest BCUT2D eigenvalue weighted by Gasteiger charge is 2.12. The van der Waals surface area contributed by atoms with Crippen molar-refractivity contribution in [2.75, 3.05) is 5.32 Å². The van der Waals surface area contributed by atoms with Crippen molar-refractivity contribution >= 4 is 34.1 Å². The molecule has 0 saturated carbocycles. The topological polar surface area (TPSA) is 64.0 Å². The first kappa shape index (κ1) is 16.2. The largest absolute Gasteiger partial charge is 0.324 e. The molecule has 0 aliphatic rings. The number of aryl methyl sites for hydroxylation is 1. The van der Waals surface area contributed by atoms with Crippen molar-refractivity contribution in [3.05, 3.63) is 69.2 Å². The maximum Gasteiger partial charge on any atom is 0.261 e. The molecule has 2 aromatic carbocycles. The summed E-state index contributed by atoms with van der Waals surface area (Å²) in [6.07, 6.45) is 0. The van der Waals surface area contributed by atoms with Crippen LogP contribution in [0.1, 0.15) is 11.4 Å². The lowest BCUT2D eigenvalue weighted by Gasteiger charge is -2.12. The van der Waals surface area contributed by atoms with Gasteiger partial charge in [-0.3, -0.25) is 14.2 Å². The summed E-state index contributed by atoms with van der Waals surface area (Å²) >= 11 is 6.06. The van der Waals surface area contributed by atoms with E-state index in [4.69, 9.17) is 11.6 Å². The van der Waals surface area contributed by atoms with Crippen LogP contribution in [0.2, 0.25) is 5.02 Å². The van der Waals surface area contributed by atoms with Gasteiger partial charge in [-0.05, 0) is 43.7 Å². The van der Waals surface area contributed by atoms with Crippen LogP contribution in [0.3, 0.4) is 0 Å². The molecule has 0 aliphatic heterocycles. The highest BCUT2D eigenvalue weighted by atomic mass is 35.5. The number of aromatic nitrogens is 2. The minimum absolute atomic E-state index is 0.103.